The Balaban J connectivity index is 1.56. The Kier molecular flexibility index (Phi) is 7.63. The van der Waals surface area contributed by atoms with E-state index in [1.54, 1.807) is 0 Å². The lowest BCUT2D eigenvalue weighted by molar-refractivity contribution is -0.0600. The van der Waals surface area contributed by atoms with Crippen LogP contribution in [0.25, 0.3) is 0 Å². The summed E-state index contributed by atoms with van der Waals surface area (Å²) >= 11 is 0. The molecule has 2 amide bonds. The highest BCUT2D eigenvalue weighted by atomic mass is 16.5. The summed E-state index contributed by atoms with van der Waals surface area (Å²) in [6.07, 6.45) is 10.3. The summed E-state index contributed by atoms with van der Waals surface area (Å²) in [7, 11) is 0. The van der Waals surface area contributed by atoms with E-state index in [1.807, 2.05) is 0 Å². The predicted molar refractivity (Wildman–Crippen MR) is 91.4 cm³/mol. The molecule has 3 N–H and O–H groups in total. The molecule has 1 saturated carbocycles. The Bertz CT molecular complexity index is 348. The van der Waals surface area contributed by atoms with Gasteiger partial charge in [-0.2, -0.15) is 0 Å². The van der Waals surface area contributed by atoms with E-state index in [1.165, 1.54) is 44.9 Å². The van der Waals surface area contributed by atoms with Gasteiger partial charge >= 0.3 is 6.03 Å². The van der Waals surface area contributed by atoms with Crippen molar-refractivity contribution in [2.45, 2.75) is 70.3 Å². The maximum absolute atomic E-state index is 11.9. The maximum Gasteiger partial charge on any atom is 0.314 e. The van der Waals surface area contributed by atoms with Crippen molar-refractivity contribution < 1.29 is 14.6 Å². The Hall–Kier alpha value is -0.810. The number of ether oxygens (including phenoxy) is 1. The molecular weight excluding hydrogens is 292 g/mol. The van der Waals surface area contributed by atoms with Gasteiger partial charge in [0.05, 0.1) is 5.60 Å². The van der Waals surface area contributed by atoms with Crippen LogP contribution in [0.5, 0.6) is 0 Å². The van der Waals surface area contributed by atoms with Gasteiger partial charge < -0.3 is 20.5 Å². The molecule has 5 heteroatoms. The van der Waals surface area contributed by atoms with Crippen molar-refractivity contribution >= 4 is 6.03 Å². The molecule has 0 aromatic carbocycles. The Labute approximate surface area is 140 Å². The van der Waals surface area contributed by atoms with Crippen LogP contribution in [0, 0.1) is 11.8 Å². The first kappa shape index (κ1) is 18.5. The third-order valence-electron chi connectivity index (χ3n) is 5.49. The van der Waals surface area contributed by atoms with Gasteiger partial charge in [-0.3, -0.25) is 0 Å². The first-order valence-corrected chi connectivity index (χ1v) is 9.43. The molecule has 0 spiro atoms. The lowest BCUT2D eigenvalue weighted by atomic mass is 9.80. The summed E-state index contributed by atoms with van der Waals surface area (Å²) in [6, 6.07) is -0.155. The number of carbonyl (C=O) groups excluding carboxylic acids is 1. The van der Waals surface area contributed by atoms with Gasteiger partial charge in [0.2, 0.25) is 0 Å². The highest BCUT2D eigenvalue weighted by Crippen LogP contribution is 2.31. The van der Waals surface area contributed by atoms with E-state index in [0.717, 1.165) is 12.5 Å². The SMILES string of the molecule is CCCCC1CCC(CNC(=O)NCC2(O)CCOCC2)CC1. The van der Waals surface area contributed by atoms with Gasteiger partial charge in [-0.05, 0) is 24.7 Å². The van der Waals surface area contributed by atoms with Gasteiger partial charge in [-0.1, -0.05) is 39.0 Å². The molecule has 1 heterocycles. The minimum Gasteiger partial charge on any atom is -0.388 e. The molecule has 2 fully saturated rings. The van der Waals surface area contributed by atoms with E-state index in [-0.39, 0.29) is 6.03 Å². The molecule has 5 nitrogen and oxygen atoms in total. The molecule has 0 unspecified atom stereocenters. The van der Waals surface area contributed by atoms with Crippen molar-refractivity contribution in [2.24, 2.45) is 11.8 Å². The third kappa shape index (κ3) is 6.68. The van der Waals surface area contributed by atoms with Gasteiger partial charge in [0, 0.05) is 39.1 Å². The summed E-state index contributed by atoms with van der Waals surface area (Å²) in [6.45, 7) is 4.47. The fourth-order valence-electron chi connectivity index (χ4n) is 3.69. The normalized spacial score (nSPS) is 27.4. The number of carbonyl (C=O) groups is 1. The van der Waals surface area contributed by atoms with Crippen LogP contribution >= 0.6 is 0 Å². The second kappa shape index (κ2) is 9.48. The second-order valence-corrected chi connectivity index (χ2v) is 7.43. The number of rotatable bonds is 7. The van der Waals surface area contributed by atoms with Gasteiger partial charge in [-0.25, -0.2) is 4.79 Å². The monoisotopic (exact) mass is 326 g/mol. The topological polar surface area (TPSA) is 70.6 Å². The number of aliphatic hydroxyl groups is 1. The molecule has 1 aliphatic carbocycles. The van der Waals surface area contributed by atoms with Gasteiger partial charge in [0.15, 0.2) is 0 Å². The number of hydrogen-bond acceptors (Lipinski definition) is 3. The van der Waals surface area contributed by atoms with Crippen molar-refractivity contribution in [1.82, 2.24) is 10.6 Å². The number of urea groups is 1. The summed E-state index contributed by atoms with van der Waals surface area (Å²) in [5.41, 5.74) is -0.799. The van der Waals surface area contributed by atoms with E-state index < -0.39 is 5.60 Å². The van der Waals surface area contributed by atoms with Crippen LogP contribution in [0.3, 0.4) is 0 Å². The largest absolute Gasteiger partial charge is 0.388 e. The number of unbranched alkanes of at least 4 members (excludes halogenated alkanes) is 1. The average molecular weight is 326 g/mol. The summed E-state index contributed by atoms with van der Waals surface area (Å²) in [5.74, 6) is 1.52. The predicted octanol–water partition coefficient (Wildman–Crippen LogP) is 2.82. The van der Waals surface area contributed by atoms with Crippen LogP contribution in [-0.4, -0.2) is 43.0 Å². The fourth-order valence-corrected chi connectivity index (χ4v) is 3.69. The molecule has 0 atom stereocenters. The fraction of sp³-hybridized carbons (Fsp3) is 0.944. The van der Waals surface area contributed by atoms with Crippen molar-refractivity contribution in [3.63, 3.8) is 0 Å². The zero-order valence-corrected chi connectivity index (χ0v) is 14.6. The summed E-state index contributed by atoms with van der Waals surface area (Å²) in [4.78, 5) is 11.9. The van der Waals surface area contributed by atoms with Crippen LogP contribution in [0.15, 0.2) is 0 Å². The van der Waals surface area contributed by atoms with Crippen LogP contribution in [0.1, 0.15) is 64.7 Å². The minimum absolute atomic E-state index is 0.155. The van der Waals surface area contributed by atoms with Crippen LogP contribution < -0.4 is 10.6 Å². The van der Waals surface area contributed by atoms with Crippen LogP contribution in [-0.2, 0) is 4.74 Å². The van der Waals surface area contributed by atoms with E-state index in [2.05, 4.69) is 17.6 Å². The third-order valence-corrected chi connectivity index (χ3v) is 5.49. The smallest absolute Gasteiger partial charge is 0.314 e. The summed E-state index contributed by atoms with van der Waals surface area (Å²) < 4.78 is 5.24. The quantitative estimate of drug-likeness (QED) is 0.674. The van der Waals surface area contributed by atoms with E-state index >= 15 is 0 Å². The minimum atomic E-state index is -0.799. The van der Waals surface area contributed by atoms with Crippen LogP contribution in [0.4, 0.5) is 4.79 Å². The zero-order chi connectivity index (χ0) is 16.5. The molecular formula is C18H34N2O3. The lowest BCUT2D eigenvalue weighted by Crippen LogP contribution is -2.49. The van der Waals surface area contributed by atoms with Crippen LogP contribution in [0.2, 0.25) is 0 Å². The molecule has 0 radical (unpaired) electrons. The van der Waals surface area contributed by atoms with E-state index in [9.17, 15) is 9.90 Å². The molecule has 2 aliphatic rings. The van der Waals surface area contributed by atoms with Crippen molar-refractivity contribution in [3.8, 4) is 0 Å². The standard InChI is InChI=1S/C18H34N2O3/c1-2-3-4-15-5-7-16(8-6-15)13-19-17(21)20-14-18(22)9-11-23-12-10-18/h15-16,22H,2-14H2,1H3,(H2,19,20,21). The maximum atomic E-state index is 11.9. The molecule has 0 aromatic rings. The second-order valence-electron chi connectivity index (χ2n) is 7.43. The highest BCUT2D eigenvalue weighted by molar-refractivity contribution is 5.73. The molecule has 0 bridgehead atoms. The molecule has 134 valence electrons. The summed E-state index contributed by atoms with van der Waals surface area (Å²) in [5, 5.41) is 16.1. The van der Waals surface area contributed by atoms with Gasteiger partial charge in [-0.15, -0.1) is 0 Å². The molecule has 2 rings (SSSR count). The Morgan fingerprint density at radius 3 is 2.43 bits per heavy atom. The van der Waals surface area contributed by atoms with Gasteiger partial charge in [0.25, 0.3) is 0 Å². The number of amides is 2. The number of nitrogens with one attached hydrogen (secondary N) is 2. The molecule has 1 saturated heterocycles. The molecule has 1 aliphatic heterocycles. The van der Waals surface area contributed by atoms with Crippen molar-refractivity contribution in [1.29, 1.82) is 0 Å². The van der Waals surface area contributed by atoms with Gasteiger partial charge in [0.1, 0.15) is 0 Å². The van der Waals surface area contributed by atoms with E-state index in [0.29, 0.717) is 38.5 Å². The first-order valence-electron chi connectivity index (χ1n) is 9.43. The highest BCUT2D eigenvalue weighted by Gasteiger charge is 2.30. The van der Waals surface area contributed by atoms with E-state index in [4.69, 9.17) is 4.74 Å². The lowest BCUT2D eigenvalue weighted by Gasteiger charge is -2.32. The van der Waals surface area contributed by atoms with Crippen molar-refractivity contribution in [2.75, 3.05) is 26.3 Å². The van der Waals surface area contributed by atoms with Crippen molar-refractivity contribution in [3.05, 3.63) is 0 Å². The molecule has 23 heavy (non-hydrogen) atoms. The molecule has 0 aromatic heterocycles. The average Bonchev–Trinajstić information content (AvgIpc) is 2.58. The Morgan fingerprint density at radius 2 is 1.78 bits per heavy atom. The Morgan fingerprint density at radius 1 is 1.13 bits per heavy atom. The first-order chi connectivity index (χ1) is 11.1. The number of hydrogen-bond donors (Lipinski definition) is 3. The zero-order valence-electron chi connectivity index (χ0n) is 14.6.